The van der Waals surface area contributed by atoms with Crippen LogP contribution in [0.4, 0.5) is 0 Å². The second-order valence-corrected chi connectivity index (χ2v) is 6.89. The van der Waals surface area contributed by atoms with E-state index in [9.17, 15) is 10.0 Å². The van der Waals surface area contributed by atoms with Gasteiger partial charge in [0.15, 0.2) is 0 Å². The number of fused-ring (bicyclic) bond motifs is 3. The number of hydrogen-bond donors (Lipinski definition) is 2. The van der Waals surface area contributed by atoms with Crippen LogP contribution in [0.15, 0.2) is 97.1 Å². The maximum absolute atomic E-state index is 9.99. The summed E-state index contributed by atoms with van der Waals surface area (Å²) in [6.45, 7) is 0. The molecule has 0 unspecified atom stereocenters. The van der Waals surface area contributed by atoms with Gasteiger partial charge in [0.2, 0.25) is 0 Å². The van der Waals surface area contributed by atoms with Crippen LogP contribution < -0.4 is 5.46 Å². The first-order valence-corrected chi connectivity index (χ1v) is 9.28. The fraction of sp³-hybridized carbons (Fsp3) is 0. The second-order valence-electron chi connectivity index (χ2n) is 6.89. The van der Waals surface area contributed by atoms with E-state index in [2.05, 4.69) is 47.0 Å². The minimum absolute atomic E-state index is 0.499. The molecule has 1 heterocycles. The quantitative estimate of drug-likeness (QED) is 0.474. The second kappa shape index (κ2) is 6.68. The Morgan fingerprint density at radius 2 is 1.29 bits per heavy atom. The molecule has 0 radical (unpaired) electrons. The molecule has 2 N–H and O–H groups in total. The van der Waals surface area contributed by atoms with E-state index in [1.165, 1.54) is 0 Å². The van der Waals surface area contributed by atoms with E-state index in [1.807, 2.05) is 48.5 Å². The maximum atomic E-state index is 9.99. The highest BCUT2D eigenvalue weighted by molar-refractivity contribution is 6.62. The molecular weight excluding hydrogens is 345 g/mol. The summed E-state index contributed by atoms with van der Waals surface area (Å²) in [6.07, 6.45) is 0. The number of rotatable bonds is 3. The zero-order chi connectivity index (χ0) is 19.1. The predicted octanol–water partition coefficient (Wildman–Crippen LogP) is 4.13. The van der Waals surface area contributed by atoms with Crippen molar-refractivity contribution in [3.05, 3.63) is 97.1 Å². The van der Waals surface area contributed by atoms with Crippen molar-refractivity contribution in [3.8, 4) is 16.8 Å². The lowest BCUT2D eigenvalue weighted by molar-refractivity contribution is 0.426. The van der Waals surface area contributed by atoms with Gasteiger partial charge in [-0.25, -0.2) is 0 Å². The smallest absolute Gasteiger partial charge is 0.423 e. The van der Waals surface area contributed by atoms with E-state index in [-0.39, 0.29) is 0 Å². The summed E-state index contributed by atoms with van der Waals surface area (Å²) in [4.78, 5) is 0. The van der Waals surface area contributed by atoms with Crippen LogP contribution in [0.2, 0.25) is 0 Å². The van der Waals surface area contributed by atoms with Gasteiger partial charge in [0.05, 0.1) is 11.0 Å². The lowest BCUT2D eigenvalue weighted by atomic mass is 9.79. The van der Waals surface area contributed by atoms with E-state index >= 15 is 0 Å². The highest BCUT2D eigenvalue weighted by Gasteiger charge is 2.21. The van der Waals surface area contributed by atoms with Gasteiger partial charge < -0.3 is 14.6 Å². The van der Waals surface area contributed by atoms with Crippen molar-refractivity contribution in [3.63, 3.8) is 0 Å². The van der Waals surface area contributed by atoms with E-state index in [1.54, 1.807) is 6.07 Å². The molecule has 5 aromatic rings. The van der Waals surface area contributed by atoms with Gasteiger partial charge in [0.25, 0.3) is 0 Å². The SMILES string of the molecule is OB(O)c1cccc2c3ccccc3n(-c3cccc(-c4ccccc4)c3)c12. The summed E-state index contributed by atoms with van der Waals surface area (Å²) in [6, 6.07) is 32.4. The molecule has 0 bridgehead atoms. The molecule has 0 amide bonds. The standard InChI is InChI=1S/C24H18BNO2/c27-25(28)22-14-7-13-21-20-12-4-5-15-23(20)26(24(21)22)19-11-6-10-18(16-19)17-8-2-1-3-9-17/h1-16,27-28H. The fourth-order valence-corrected chi connectivity index (χ4v) is 3.98. The highest BCUT2D eigenvalue weighted by Crippen LogP contribution is 2.32. The van der Waals surface area contributed by atoms with Crippen molar-refractivity contribution in [1.29, 1.82) is 0 Å². The molecule has 1 aromatic heterocycles. The van der Waals surface area contributed by atoms with Crippen LogP contribution in [0, 0.1) is 0 Å². The van der Waals surface area contributed by atoms with E-state index in [0.717, 1.165) is 38.6 Å². The Bertz CT molecular complexity index is 1290. The number of hydrogen-bond acceptors (Lipinski definition) is 2. The summed E-state index contributed by atoms with van der Waals surface area (Å²) in [5, 5.41) is 22.1. The van der Waals surface area contributed by atoms with E-state index < -0.39 is 7.12 Å². The third-order valence-corrected chi connectivity index (χ3v) is 5.22. The number of benzene rings is 4. The number of para-hydroxylation sites is 2. The molecule has 0 saturated carbocycles. The molecule has 4 aromatic carbocycles. The summed E-state index contributed by atoms with van der Waals surface area (Å²) in [5.74, 6) is 0. The van der Waals surface area contributed by atoms with Gasteiger partial charge in [0, 0.05) is 21.9 Å². The van der Waals surface area contributed by atoms with Crippen molar-refractivity contribution in [2.24, 2.45) is 0 Å². The van der Waals surface area contributed by atoms with Gasteiger partial charge in [-0.15, -0.1) is 0 Å². The van der Waals surface area contributed by atoms with Gasteiger partial charge in [-0.3, -0.25) is 0 Å². The molecule has 0 spiro atoms. The third-order valence-electron chi connectivity index (χ3n) is 5.22. The van der Waals surface area contributed by atoms with Gasteiger partial charge >= 0.3 is 7.12 Å². The van der Waals surface area contributed by atoms with Crippen LogP contribution in [0.25, 0.3) is 38.6 Å². The maximum Gasteiger partial charge on any atom is 0.490 e. The zero-order valence-corrected chi connectivity index (χ0v) is 15.2. The number of aromatic nitrogens is 1. The van der Waals surface area contributed by atoms with Gasteiger partial charge in [-0.05, 0) is 29.3 Å². The normalized spacial score (nSPS) is 11.2. The molecule has 0 atom stereocenters. The lowest BCUT2D eigenvalue weighted by Gasteiger charge is -2.12. The summed E-state index contributed by atoms with van der Waals surface area (Å²) in [7, 11) is -1.54. The molecule has 0 fully saturated rings. The molecule has 0 saturated heterocycles. The van der Waals surface area contributed by atoms with Gasteiger partial charge in [-0.1, -0.05) is 78.9 Å². The molecule has 0 aliphatic heterocycles. The molecule has 5 rings (SSSR count). The van der Waals surface area contributed by atoms with Crippen molar-refractivity contribution >= 4 is 34.4 Å². The van der Waals surface area contributed by atoms with Crippen molar-refractivity contribution < 1.29 is 10.0 Å². The molecular formula is C24H18BNO2. The average Bonchev–Trinajstić information content (AvgIpc) is 3.09. The van der Waals surface area contributed by atoms with E-state index in [4.69, 9.17) is 0 Å². The van der Waals surface area contributed by atoms with Crippen molar-refractivity contribution in [2.45, 2.75) is 0 Å². The average molecular weight is 363 g/mol. The van der Waals surface area contributed by atoms with Crippen LogP contribution in [0.1, 0.15) is 0 Å². The topological polar surface area (TPSA) is 45.4 Å². The lowest BCUT2D eigenvalue weighted by Crippen LogP contribution is -2.31. The molecule has 28 heavy (non-hydrogen) atoms. The van der Waals surface area contributed by atoms with E-state index in [0.29, 0.717) is 5.46 Å². The Morgan fingerprint density at radius 1 is 0.607 bits per heavy atom. The molecule has 0 aliphatic carbocycles. The predicted molar refractivity (Wildman–Crippen MR) is 116 cm³/mol. The van der Waals surface area contributed by atoms with Crippen molar-refractivity contribution in [1.82, 2.24) is 4.57 Å². The first-order valence-electron chi connectivity index (χ1n) is 9.28. The minimum Gasteiger partial charge on any atom is -0.423 e. The van der Waals surface area contributed by atoms with Gasteiger partial charge in [0.1, 0.15) is 0 Å². The summed E-state index contributed by atoms with van der Waals surface area (Å²) >= 11 is 0. The van der Waals surface area contributed by atoms with Crippen LogP contribution in [-0.2, 0) is 0 Å². The van der Waals surface area contributed by atoms with Crippen molar-refractivity contribution in [2.75, 3.05) is 0 Å². The third kappa shape index (κ3) is 2.62. The Balaban J connectivity index is 1.86. The van der Waals surface area contributed by atoms with Crippen LogP contribution in [0.3, 0.4) is 0 Å². The van der Waals surface area contributed by atoms with Gasteiger partial charge in [-0.2, -0.15) is 0 Å². The first-order chi connectivity index (χ1) is 13.7. The Hall–Kier alpha value is -3.34. The van der Waals surface area contributed by atoms with Crippen LogP contribution in [-0.4, -0.2) is 21.7 Å². The molecule has 3 nitrogen and oxygen atoms in total. The highest BCUT2D eigenvalue weighted by atomic mass is 16.4. The fourth-order valence-electron chi connectivity index (χ4n) is 3.98. The minimum atomic E-state index is -1.54. The Kier molecular flexibility index (Phi) is 4.01. The molecule has 4 heteroatoms. The largest absolute Gasteiger partial charge is 0.490 e. The Morgan fingerprint density at radius 3 is 2.11 bits per heavy atom. The zero-order valence-electron chi connectivity index (χ0n) is 15.2. The summed E-state index contributed by atoms with van der Waals surface area (Å²) < 4.78 is 2.12. The first kappa shape index (κ1) is 16.8. The molecule has 0 aliphatic rings. The summed E-state index contributed by atoms with van der Waals surface area (Å²) in [5.41, 5.74) is 5.61. The van der Waals surface area contributed by atoms with Crippen LogP contribution in [0.5, 0.6) is 0 Å². The monoisotopic (exact) mass is 363 g/mol. The Labute approximate surface area is 163 Å². The number of nitrogens with zero attached hydrogens (tertiary/aromatic N) is 1. The van der Waals surface area contributed by atoms with Crippen LogP contribution >= 0.6 is 0 Å². The molecule has 134 valence electrons.